The molecule has 1 aliphatic heterocycles. The molecule has 1 heterocycles. The third kappa shape index (κ3) is 6.25. The van der Waals surface area contributed by atoms with Gasteiger partial charge in [0, 0.05) is 18.2 Å². The lowest BCUT2D eigenvalue weighted by molar-refractivity contribution is -0.137. The second kappa shape index (κ2) is 10.9. The molecule has 4 rings (SSSR count). The van der Waals surface area contributed by atoms with Gasteiger partial charge in [0.15, 0.2) is 5.17 Å². The molecule has 10 heteroatoms. The quantitative estimate of drug-likeness (QED) is 0.429. The number of amidine groups is 1. The second-order valence-electron chi connectivity index (χ2n) is 7.94. The zero-order valence-corrected chi connectivity index (χ0v) is 20.0. The van der Waals surface area contributed by atoms with Gasteiger partial charge in [-0.3, -0.25) is 14.5 Å². The van der Waals surface area contributed by atoms with Crippen molar-refractivity contribution in [3.63, 3.8) is 0 Å². The van der Waals surface area contributed by atoms with E-state index in [-0.39, 0.29) is 30.5 Å². The van der Waals surface area contributed by atoms with E-state index in [1.165, 1.54) is 24.1 Å². The Balaban J connectivity index is 1.54. The van der Waals surface area contributed by atoms with Crippen LogP contribution in [0.4, 0.5) is 24.5 Å². The topological polar surface area (TPSA) is 71.0 Å². The summed E-state index contributed by atoms with van der Waals surface area (Å²) in [4.78, 5) is 31.9. The molecule has 1 aliphatic rings. The third-order valence-electron chi connectivity index (χ3n) is 5.35. The molecule has 186 valence electrons. The Labute approximate surface area is 210 Å². The zero-order valence-electron chi connectivity index (χ0n) is 19.2. The van der Waals surface area contributed by atoms with Crippen molar-refractivity contribution < 1.29 is 27.5 Å². The van der Waals surface area contributed by atoms with Crippen LogP contribution < -0.4 is 10.1 Å². The zero-order chi connectivity index (χ0) is 25.7. The van der Waals surface area contributed by atoms with Crippen LogP contribution >= 0.6 is 11.8 Å². The number of amides is 2. The molecule has 0 saturated carbocycles. The molecular weight excluding hydrogens is 491 g/mol. The summed E-state index contributed by atoms with van der Waals surface area (Å²) in [7, 11) is 1.52. The number of methoxy groups -OCH3 is 1. The van der Waals surface area contributed by atoms with E-state index in [9.17, 15) is 22.8 Å². The Bertz CT molecular complexity index is 1260. The molecule has 1 fully saturated rings. The lowest BCUT2D eigenvalue weighted by atomic mass is 10.2. The summed E-state index contributed by atoms with van der Waals surface area (Å²) in [5.74, 6) is -0.0704. The maximum atomic E-state index is 13.3. The molecule has 3 aromatic rings. The van der Waals surface area contributed by atoms with Gasteiger partial charge < -0.3 is 10.1 Å². The van der Waals surface area contributed by atoms with E-state index in [0.717, 1.165) is 29.5 Å². The fourth-order valence-corrected chi connectivity index (χ4v) is 4.71. The first kappa shape index (κ1) is 25.3. The molecule has 0 spiro atoms. The number of halogens is 3. The van der Waals surface area contributed by atoms with Gasteiger partial charge in [0.05, 0.1) is 24.9 Å². The fourth-order valence-electron chi connectivity index (χ4n) is 3.55. The van der Waals surface area contributed by atoms with Crippen LogP contribution in [0, 0.1) is 0 Å². The van der Waals surface area contributed by atoms with Gasteiger partial charge >= 0.3 is 6.18 Å². The smallest absolute Gasteiger partial charge is 0.416 e. The van der Waals surface area contributed by atoms with Gasteiger partial charge in [-0.2, -0.15) is 13.2 Å². The van der Waals surface area contributed by atoms with Crippen molar-refractivity contribution in [1.29, 1.82) is 0 Å². The molecule has 1 saturated heterocycles. The molecule has 0 bridgehead atoms. The number of benzene rings is 3. The molecule has 3 aromatic carbocycles. The minimum atomic E-state index is -4.45. The lowest BCUT2D eigenvalue weighted by Gasteiger charge is -2.16. The number of alkyl halides is 3. The van der Waals surface area contributed by atoms with E-state index in [0.29, 0.717) is 16.6 Å². The number of nitrogens with zero attached hydrogens (tertiary/aromatic N) is 2. The molecule has 0 unspecified atom stereocenters. The number of carbonyl (C=O) groups excluding carboxylic acids is 2. The van der Waals surface area contributed by atoms with Crippen molar-refractivity contribution in [2.75, 3.05) is 12.4 Å². The van der Waals surface area contributed by atoms with Gasteiger partial charge in [-0.1, -0.05) is 48.2 Å². The standard InChI is InChI=1S/C26H22F3N3O3S/c1-35-21-9-5-8-20(14-21)30-23(33)15-22-24(34)32(16-17-6-3-2-4-7-17)25(36-22)31-19-12-10-18(11-13-19)26(27,28)29/h2-14,22H,15-16H2,1H3,(H,30,33)/t22-/m1/s1. The first-order valence-corrected chi connectivity index (χ1v) is 11.8. The Hall–Kier alpha value is -3.79. The summed E-state index contributed by atoms with van der Waals surface area (Å²) in [6.45, 7) is 0.222. The summed E-state index contributed by atoms with van der Waals surface area (Å²) in [5, 5.41) is 2.36. The van der Waals surface area contributed by atoms with E-state index in [2.05, 4.69) is 10.3 Å². The van der Waals surface area contributed by atoms with Crippen LogP contribution in [0.25, 0.3) is 0 Å². The number of carbonyl (C=O) groups is 2. The van der Waals surface area contributed by atoms with Gasteiger partial charge in [0.1, 0.15) is 11.0 Å². The van der Waals surface area contributed by atoms with Crippen molar-refractivity contribution in [2.45, 2.75) is 24.4 Å². The van der Waals surface area contributed by atoms with Crippen molar-refractivity contribution in [3.05, 3.63) is 90.0 Å². The highest BCUT2D eigenvalue weighted by Gasteiger charge is 2.39. The molecule has 0 radical (unpaired) electrons. The Morgan fingerprint density at radius 2 is 1.78 bits per heavy atom. The molecule has 1 atom stereocenters. The molecule has 2 amide bonds. The van der Waals surface area contributed by atoms with Crippen LogP contribution in [0.1, 0.15) is 17.5 Å². The minimum absolute atomic E-state index is 0.0992. The number of rotatable bonds is 7. The van der Waals surface area contributed by atoms with E-state index in [1.54, 1.807) is 24.3 Å². The second-order valence-corrected chi connectivity index (χ2v) is 9.11. The number of thioether (sulfide) groups is 1. The predicted molar refractivity (Wildman–Crippen MR) is 133 cm³/mol. The van der Waals surface area contributed by atoms with Gasteiger partial charge in [-0.15, -0.1) is 0 Å². The molecule has 0 aromatic heterocycles. The number of nitrogens with one attached hydrogen (secondary N) is 1. The largest absolute Gasteiger partial charge is 0.497 e. The average molecular weight is 514 g/mol. The maximum Gasteiger partial charge on any atom is 0.416 e. The lowest BCUT2D eigenvalue weighted by Crippen LogP contribution is -2.33. The van der Waals surface area contributed by atoms with Gasteiger partial charge in [-0.05, 0) is 42.0 Å². The van der Waals surface area contributed by atoms with Gasteiger partial charge in [0.25, 0.3) is 0 Å². The summed E-state index contributed by atoms with van der Waals surface area (Å²) in [5.41, 5.74) is 0.885. The number of aliphatic imine (C=N–C) groups is 1. The summed E-state index contributed by atoms with van der Waals surface area (Å²) >= 11 is 1.12. The Kier molecular flexibility index (Phi) is 7.64. The number of hydrogen-bond acceptors (Lipinski definition) is 5. The van der Waals surface area contributed by atoms with Crippen LogP contribution in [-0.4, -0.2) is 34.2 Å². The molecular formula is C26H22F3N3O3S. The normalized spacial score (nSPS) is 16.9. The molecule has 6 nitrogen and oxygen atoms in total. The minimum Gasteiger partial charge on any atom is -0.497 e. The highest BCUT2D eigenvalue weighted by Crippen LogP contribution is 2.34. The fraction of sp³-hybridized carbons (Fsp3) is 0.192. The SMILES string of the molecule is COc1cccc(NC(=O)C[C@H]2SC(=Nc3ccc(C(F)(F)F)cc3)N(Cc3ccccc3)C2=O)c1. The Morgan fingerprint density at radius 3 is 2.44 bits per heavy atom. The van der Waals surface area contributed by atoms with E-state index >= 15 is 0 Å². The summed E-state index contributed by atoms with van der Waals surface area (Å²) in [6, 6.07) is 20.5. The maximum absolute atomic E-state index is 13.3. The van der Waals surface area contributed by atoms with Crippen LogP contribution in [0.3, 0.4) is 0 Å². The van der Waals surface area contributed by atoms with Crippen LogP contribution in [0.2, 0.25) is 0 Å². The van der Waals surface area contributed by atoms with Gasteiger partial charge in [-0.25, -0.2) is 4.99 Å². The van der Waals surface area contributed by atoms with Gasteiger partial charge in [0.2, 0.25) is 11.8 Å². The van der Waals surface area contributed by atoms with Crippen molar-refractivity contribution in [2.24, 2.45) is 4.99 Å². The van der Waals surface area contributed by atoms with E-state index in [4.69, 9.17) is 4.74 Å². The van der Waals surface area contributed by atoms with Crippen LogP contribution in [-0.2, 0) is 22.3 Å². The molecule has 0 aliphatic carbocycles. The van der Waals surface area contributed by atoms with Crippen LogP contribution in [0.15, 0.2) is 83.9 Å². The van der Waals surface area contributed by atoms with Crippen LogP contribution in [0.5, 0.6) is 5.75 Å². The highest BCUT2D eigenvalue weighted by atomic mass is 32.2. The first-order chi connectivity index (χ1) is 17.2. The number of anilines is 1. The van der Waals surface area contributed by atoms with E-state index in [1.807, 2.05) is 30.3 Å². The Morgan fingerprint density at radius 1 is 1.06 bits per heavy atom. The first-order valence-electron chi connectivity index (χ1n) is 10.9. The highest BCUT2D eigenvalue weighted by molar-refractivity contribution is 8.15. The molecule has 1 N–H and O–H groups in total. The predicted octanol–water partition coefficient (Wildman–Crippen LogP) is 5.87. The summed E-state index contributed by atoms with van der Waals surface area (Å²) < 4.78 is 43.9. The van der Waals surface area contributed by atoms with Crippen molar-refractivity contribution in [1.82, 2.24) is 4.90 Å². The van der Waals surface area contributed by atoms with E-state index < -0.39 is 17.0 Å². The van der Waals surface area contributed by atoms with Crippen molar-refractivity contribution in [3.8, 4) is 5.75 Å². The summed E-state index contributed by atoms with van der Waals surface area (Å²) in [6.07, 6.45) is -4.55. The monoisotopic (exact) mass is 513 g/mol. The molecule has 36 heavy (non-hydrogen) atoms. The third-order valence-corrected chi connectivity index (χ3v) is 6.52. The number of hydrogen-bond donors (Lipinski definition) is 1. The van der Waals surface area contributed by atoms with Crippen molar-refractivity contribution >= 4 is 40.1 Å². The average Bonchev–Trinajstić information content (AvgIpc) is 3.13. The number of ether oxygens (including phenoxy) is 1.